The van der Waals surface area contributed by atoms with Crippen molar-refractivity contribution in [1.29, 1.82) is 0 Å². The minimum Gasteiger partial charge on any atom is -0.357 e. The third-order valence-electron chi connectivity index (χ3n) is 7.67. The zero-order valence-electron chi connectivity index (χ0n) is 21.9. The molecule has 1 N–H and O–H groups in total. The SMILES string of the molecule is Cc1ccc(C2C3=C(CC(c4cccc([N+](=O)[O-])c4)CC3=O)Nc3ccccc3N2C(=O)c2ccccc2)cc1. The molecule has 198 valence electrons. The summed E-state index contributed by atoms with van der Waals surface area (Å²) >= 11 is 0. The molecule has 1 aliphatic heterocycles. The lowest BCUT2D eigenvalue weighted by molar-refractivity contribution is -0.384. The Labute approximate surface area is 231 Å². The van der Waals surface area contributed by atoms with Crippen LogP contribution in [-0.4, -0.2) is 16.6 Å². The number of rotatable bonds is 4. The molecule has 0 saturated carbocycles. The van der Waals surface area contributed by atoms with E-state index in [-0.39, 0.29) is 29.7 Å². The average molecular weight is 530 g/mol. The summed E-state index contributed by atoms with van der Waals surface area (Å²) in [5.41, 5.74) is 5.86. The van der Waals surface area contributed by atoms with E-state index >= 15 is 0 Å². The highest BCUT2D eigenvalue weighted by Crippen LogP contribution is 2.48. The maximum atomic E-state index is 14.2. The number of ketones is 1. The third kappa shape index (κ3) is 4.56. The monoisotopic (exact) mass is 529 g/mol. The molecule has 0 aromatic heterocycles. The highest BCUT2D eigenvalue weighted by Gasteiger charge is 2.42. The number of aryl methyl sites for hydroxylation is 1. The molecule has 1 heterocycles. The van der Waals surface area contributed by atoms with Crippen LogP contribution in [0.5, 0.6) is 0 Å². The standard InChI is InChI=1S/C33H27N3O4/c1-21-14-16-22(17-15-21)32-31-28(19-25(20-30(31)37)24-10-7-11-26(18-24)36(39)40)34-27-12-5-6-13-29(27)35(32)33(38)23-8-3-2-4-9-23/h2-18,25,32,34H,19-20H2,1H3. The van der Waals surface area contributed by atoms with Crippen LogP contribution in [0.3, 0.4) is 0 Å². The Kier molecular flexibility index (Phi) is 6.48. The number of carbonyl (C=O) groups excluding carboxylic acids is 2. The second-order valence-corrected chi connectivity index (χ2v) is 10.3. The summed E-state index contributed by atoms with van der Waals surface area (Å²) in [6.45, 7) is 2.00. The van der Waals surface area contributed by atoms with E-state index in [0.29, 0.717) is 23.2 Å². The summed E-state index contributed by atoms with van der Waals surface area (Å²) in [5, 5.41) is 14.9. The second kappa shape index (κ2) is 10.3. The molecule has 2 aliphatic rings. The van der Waals surface area contributed by atoms with Crippen LogP contribution in [0.15, 0.2) is 114 Å². The lowest BCUT2D eigenvalue weighted by Crippen LogP contribution is -2.38. The van der Waals surface area contributed by atoms with Gasteiger partial charge in [0.05, 0.1) is 22.3 Å². The first-order valence-electron chi connectivity index (χ1n) is 13.2. The van der Waals surface area contributed by atoms with E-state index < -0.39 is 11.0 Å². The molecule has 4 aromatic carbocycles. The van der Waals surface area contributed by atoms with E-state index in [1.807, 2.05) is 79.7 Å². The number of allylic oxidation sites excluding steroid dienone is 1. The number of nitrogens with zero attached hydrogens (tertiary/aromatic N) is 2. The molecule has 40 heavy (non-hydrogen) atoms. The van der Waals surface area contributed by atoms with Crippen LogP contribution in [0.2, 0.25) is 0 Å². The molecular weight excluding hydrogens is 502 g/mol. The van der Waals surface area contributed by atoms with Gasteiger partial charge in [0.25, 0.3) is 11.6 Å². The topological polar surface area (TPSA) is 92.5 Å². The fourth-order valence-corrected chi connectivity index (χ4v) is 5.73. The molecule has 4 aromatic rings. The molecule has 0 spiro atoms. The van der Waals surface area contributed by atoms with Gasteiger partial charge in [0, 0.05) is 35.4 Å². The molecule has 0 radical (unpaired) electrons. The fraction of sp³-hybridized carbons (Fsp3) is 0.152. The third-order valence-corrected chi connectivity index (χ3v) is 7.67. The first-order chi connectivity index (χ1) is 19.4. The van der Waals surface area contributed by atoms with Crippen molar-refractivity contribution < 1.29 is 14.5 Å². The van der Waals surface area contributed by atoms with Crippen LogP contribution >= 0.6 is 0 Å². The van der Waals surface area contributed by atoms with Crippen molar-refractivity contribution in [2.24, 2.45) is 0 Å². The smallest absolute Gasteiger partial charge is 0.269 e. The molecule has 0 bridgehead atoms. The highest BCUT2D eigenvalue weighted by atomic mass is 16.6. The number of benzene rings is 4. The van der Waals surface area contributed by atoms with E-state index in [9.17, 15) is 19.7 Å². The number of amides is 1. The number of para-hydroxylation sites is 2. The number of nitrogens with one attached hydrogen (secondary N) is 1. The molecule has 6 rings (SSSR count). The van der Waals surface area contributed by atoms with Gasteiger partial charge in [0.1, 0.15) is 0 Å². The molecule has 1 amide bonds. The number of hydrogen-bond donors (Lipinski definition) is 1. The van der Waals surface area contributed by atoms with Gasteiger partial charge in [-0.05, 0) is 54.7 Å². The summed E-state index contributed by atoms with van der Waals surface area (Å²) in [4.78, 5) is 41.1. The minimum atomic E-state index is -0.655. The van der Waals surface area contributed by atoms with Crippen LogP contribution in [0.25, 0.3) is 0 Å². The Bertz CT molecular complexity index is 1660. The summed E-state index contributed by atoms with van der Waals surface area (Å²) in [6.07, 6.45) is 0.667. The number of nitro groups is 1. The molecule has 2 atom stereocenters. The molecule has 0 saturated heterocycles. The maximum Gasteiger partial charge on any atom is 0.269 e. The van der Waals surface area contributed by atoms with Crippen LogP contribution in [0.4, 0.5) is 17.1 Å². The van der Waals surface area contributed by atoms with Gasteiger partial charge in [-0.1, -0.05) is 72.3 Å². The zero-order chi connectivity index (χ0) is 27.8. The number of Topliss-reactive ketones (excluding diaryl/α,β-unsaturated/α-hetero) is 1. The van der Waals surface area contributed by atoms with Crippen molar-refractivity contribution in [3.8, 4) is 0 Å². The number of hydrogen-bond acceptors (Lipinski definition) is 5. The van der Waals surface area contributed by atoms with Crippen LogP contribution in [-0.2, 0) is 4.79 Å². The molecular formula is C33H27N3O4. The zero-order valence-corrected chi connectivity index (χ0v) is 21.9. The number of nitro benzene ring substituents is 1. The van der Waals surface area contributed by atoms with E-state index in [4.69, 9.17) is 0 Å². The molecule has 2 unspecified atom stereocenters. The fourth-order valence-electron chi connectivity index (χ4n) is 5.73. The van der Waals surface area contributed by atoms with E-state index in [2.05, 4.69) is 5.32 Å². The van der Waals surface area contributed by atoms with Crippen LogP contribution < -0.4 is 10.2 Å². The summed E-state index contributed by atoms with van der Waals surface area (Å²) in [6, 6.07) is 30.5. The molecule has 0 fully saturated rings. The van der Waals surface area contributed by atoms with Gasteiger partial charge >= 0.3 is 0 Å². The Hall–Kier alpha value is -5.04. The Balaban J connectivity index is 1.54. The minimum absolute atomic E-state index is 0.000983. The summed E-state index contributed by atoms with van der Waals surface area (Å²) in [5.74, 6) is -0.530. The van der Waals surface area contributed by atoms with Crippen molar-refractivity contribution in [3.63, 3.8) is 0 Å². The van der Waals surface area contributed by atoms with E-state index in [1.165, 1.54) is 6.07 Å². The van der Waals surface area contributed by atoms with Gasteiger partial charge in [0.15, 0.2) is 5.78 Å². The van der Waals surface area contributed by atoms with Crippen LogP contribution in [0.1, 0.15) is 51.8 Å². The van der Waals surface area contributed by atoms with Crippen LogP contribution in [0, 0.1) is 17.0 Å². The van der Waals surface area contributed by atoms with Crippen molar-refractivity contribution >= 4 is 28.8 Å². The predicted octanol–water partition coefficient (Wildman–Crippen LogP) is 7.12. The maximum absolute atomic E-state index is 14.2. The van der Waals surface area contributed by atoms with Gasteiger partial charge in [-0.3, -0.25) is 24.6 Å². The first-order valence-corrected chi connectivity index (χ1v) is 13.2. The van der Waals surface area contributed by atoms with Crippen molar-refractivity contribution in [1.82, 2.24) is 0 Å². The largest absolute Gasteiger partial charge is 0.357 e. The second-order valence-electron chi connectivity index (χ2n) is 10.3. The van der Waals surface area contributed by atoms with Crippen molar-refractivity contribution in [2.45, 2.75) is 31.7 Å². The van der Waals surface area contributed by atoms with Gasteiger partial charge in [-0.25, -0.2) is 0 Å². The summed E-state index contributed by atoms with van der Waals surface area (Å²) in [7, 11) is 0. The van der Waals surface area contributed by atoms with Gasteiger partial charge in [-0.2, -0.15) is 0 Å². The number of fused-ring (bicyclic) bond motifs is 1. The van der Waals surface area contributed by atoms with E-state index in [0.717, 1.165) is 28.1 Å². The lowest BCUT2D eigenvalue weighted by atomic mass is 9.78. The van der Waals surface area contributed by atoms with E-state index in [1.54, 1.807) is 29.2 Å². The normalized spacial score (nSPS) is 18.3. The highest BCUT2D eigenvalue weighted by molar-refractivity contribution is 6.12. The number of non-ortho nitro benzene ring substituents is 1. The Morgan fingerprint density at radius 2 is 1.60 bits per heavy atom. The quantitative estimate of drug-likeness (QED) is 0.224. The first kappa shape index (κ1) is 25.2. The molecule has 7 heteroatoms. The number of carbonyl (C=O) groups is 2. The Morgan fingerprint density at radius 1 is 0.875 bits per heavy atom. The van der Waals surface area contributed by atoms with Crippen molar-refractivity contribution in [2.75, 3.05) is 10.2 Å². The lowest BCUT2D eigenvalue weighted by Gasteiger charge is -2.35. The van der Waals surface area contributed by atoms with Gasteiger partial charge in [0.2, 0.25) is 0 Å². The Morgan fingerprint density at radius 3 is 2.35 bits per heavy atom. The number of anilines is 2. The van der Waals surface area contributed by atoms with Gasteiger partial charge in [-0.15, -0.1) is 0 Å². The molecule has 7 nitrogen and oxygen atoms in total. The average Bonchev–Trinajstić information content (AvgIpc) is 3.12. The summed E-state index contributed by atoms with van der Waals surface area (Å²) < 4.78 is 0. The molecule has 1 aliphatic carbocycles. The van der Waals surface area contributed by atoms with Crippen molar-refractivity contribution in [3.05, 3.63) is 147 Å². The predicted molar refractivity (Wildman–Crippen MR) is 154 cm³/mol. The van der Waals surface area contributed by atoms with Gasteiger partial charge < -0.3 is 5.32 Å².